The van der Waals surface area contributed by atoms with Gasteiger partial charge in [0.25, 0.3) is 5.91 Å². The van der Waals surface area contributed by atoms with Gasteiger partial charge in [0.1, 0.15) is 12.1 Å². The summed E-state index contributed by atoms with van der Waals surface area (Å²) in [4.78, 5) is 45.6. The van der Waals surface area contributed by atoms with Gasteiger partial charge in [0.2, 0.25) is 11.8 Å². The number of aromatic nitrogens is 1. The number of rotatable bonds is 8. The Hall–Kier alpha value is -3.61. The van der Waals surface area contributed by atoms with Crippen LogP contribution in [0.15, 0.2) is 48.5 Å². The van der Waals surface area contributed by atoms with Crippen LogP contribution in [0, 0.1) is 5.92 Å². The topological polar surface area (TPSA) is 94.3 Å². The van der Waals surface area contributed by atoms with E-state index in [2.05, 4.69) is 28.6 Å². The molecule has 188 valence electrons. The van der Waals surface area contributed by atoms with Crippen molar-refractivity contribution in [2.75, 3.05) is 6.54 Å². The Balaban J connectivity index is 1.50. The average molecular weight is 487 g/mol. The van der Waals surface area contributed by atoms with E-state index in [1.165, 1.54) is 0 Å². The first kappa shape index (κ1) is 24.1. The normalized spacial score (nSPS) is 19.1. The minimum absolute atomic E-state index is 0.145. The molecule has 5 rings (SSSR count). The molecule has 3 aromatic rings. The number of carbonyl (C=O) groups excluding carboxylic acids is 3. The van der Waals surface area contributed by atoms with Gasteiger partial charge in [-0.25, -0.2) is 0 Å². The lowest BCUT2D eigenvalue weighted by atomic mass is 9.89. The molecule has 3 amide bonds. The van der Waals surface area contributed by atoms with Crippen molar-refractivity contribution in [1.29, 1.82) is 0 Å². The molecule has 36 heavy (non-hydrogen) atoms. The molecule has 7 nitrogen and oxygen atoms in total. The second-order valence-corrected chi connectivity index (χ2v) is 10.3. The van der Waals surface area contributed by atoms with Crippen molar-refractivity contribution in [2.24, 2.45) is 5.92 Å². The van der Waals surface area contributed by atoms with E-state index >= 15 is 0 Å². The molecule has 0 spiro atoms. The van der Waals surface area contributed by atoms with Gasteiger partial charge in [-0.05, 0) is 42.0 Å². The van der Waals surface area contributed by atoms with Gasteiger partial charge in [-0.3, -0.25) is 14.4 Å². The molecule has 0 unspecified atom stereocenters. The number of amides is 3. The van der Waals surface area contributed by atoms with Crippen LogP contribution < -0.4 is 10.6 Å². The second-order valence-electron chi connectivity index (χ2n) is 10.3. The number of carbonyl (C=O) groups is 3. The summed E-state index contributed by atoms with van der Waals surface area (Å²) in [5.41, 5.74) is 4.55. The molecule has 3 N–H and O–H groups in total. The first-order valence-corrected chi connectivity index (χ1v) is 13.0. The highest BCUT2D eigenvalue weighted by Crippen LogP contribution is 2.46. The first-order valence-electron chi connectivity index (χ1n) is 13.0. The fraction of sp³-hybridized carbons (Fsp3) is 0.414. The Labute approximate surface area is 211 Å². The van der Waals surface area contributed by atoms with E-state index in [0.717, 1.165) is 40.6 Å². The molecule has 0 saturated heterocycles. The van der Waals surface area contributed by atoms with Crippen molar-refractivity contribution >= 4 is 28.6 Å². The van der Waals surface area contributed by atoms with Gasteiger partial charge < -0.3 is 20.5 Å². The number of hydrogen-bond donors (Lipinski definition) is 3. The van der Waals surface area contributed by atoms with E-state index < -0.39 is 12.1 Å². The zero-order valence-electron chi connectivity index (χ0n) is 21.1. The summed E-state index contributed by atoms with van der Waals surface area (Å²) < 4.78 is 0. The maximum atomic E-state index is 13.8. The van der Waals surface area contributed by atoms with Crippen LogP contribution in [0.2, 0.25) is 0 Å². The van der Waals surface area contributed by atoms with Gasteiger partial charge in [-0.15, -0.1) is 0 Å². The van der Waals surface area contributed by atoms with Crippen LogP contribution in [0.25, 0.3) is 10.9 Å². The molecule has 0 radical (unpaired) electrons. The number of hydrogen-bond acceptors (Lipinski definition) is 3. The monoisotopic (exact) mass is 486 g/mol. The predicted molar refractivity (Wildman–Crippen MR) is 140 cm³/mol. The van der Waals surface area contributed by atoms with Crippen molar-refractivity contribution in [1.82, 2.24) is 20.5 Å². The highest BCUT2D eigenvalue weighted by Gasteiger charge is 2.49. The molecule has 0 fully saturated rings. The van der Waals surface area contributed by atoms with Gasteiger partial charge >= 0.3 is 0 Å². The van der Waals surface area contributed by atoms with Crippen LogP contribution >= 0.6 is 0 Å². The summed E-state index contributed by atoms with van der Waals surface area (Å²) in [7, 11) is 0. The quantitative estimate of drug-likeness (QED) is 0.419. The maximum absolute atomic E-state index is 13.8. The van der Waals surface area contributed by atoms with Crippen LogP contribution in [0.4, 0.5) is 0 Å². The molecule has 2 aliphatic heterocycles. The van der Waals surface area contributed by atoms with Crippen molar-refractivity contribution in [3.63, 3.8) is 0 Å². The first-order chi connectivity index (χ1) is 17.4. The predicted octanol–water partition coefficient (Wildman–Crippen LogP) is 4.09. The third-order valence-electron chi connectivity index (χ3n) is 7.32. The smallest absolute Gasteiger partial charge is 0.255 e. The molecule has 3 heterocycles. The Morgan fingerprint density at radius 2 is 1.86 bits per heavy atom. The lowest BCUT2D eigenvalue weighted by Gasteiger charge is -2.37. The minimum atomic E-state index is -0.709. The van der Waals surface area contributed by atoms with E-state index in [0.29, 0.717) is 24.9 Å². The molecule has 2 aromatic carbocycles. The largest absolute Gasteiger partial charge is 0.356 e. The number of nitrogens with zero attached hydrogens (tertiary/aromatic N) is 1. The van der Waals surface area contributed by atoms with Crippen LogP contribution in [0.1, 0.15) is 73.3 Å². The summed E-state index contributed by atoms with van der Waals surface area (Å²) in [5, 5.41) is 7.05. The lowest BCUT2D eigenvalue weighted by molar-refractivity contribution is -0.132. The summed E-state index contributed by atoms with van der Waals surface area (Å²) in [5.74, 6) is -0.368. The van der Waals surface area contributed by atoms with Gasteiger partial charge in [0.15, 0.2) is 0 Å². The summed E-state index contributed by atoms with van der Waals surface area (Å²) in [6.45, 7) is 6.73. The van der Waals surface area contributed by atoms with Crippen LogP contribution in [0.3, 0.4) is 0 Å². The standard InChI is InChI=1S/C29H34N4O3/c1-4-5-14-30-27(34)23(15-17(2)3)32-28(35)24-16-21-18-10-8-9-13-22(18)31-25(21)26-19-11-6-7-12-20(19)29(36)33(24)26/h6-13,17,23-24,26,31H,4-5,14-16H2,1-3H3,(H,30,34)(H,32,35)/t23-,24-,26-/m0/s1. The zero-order chi connectivity index (χ0) is 25.4. The molecular weight excluding hydrogens is 452 g/mol. The molecule has 7 heteroatoms. The lowest BCUT2D eigenvalue weighted by Crippen LogP contribution is -2.56. The number of aromatic amines is 1. The van der Waals surface area contributed by atoms with Crippen molar-refractivity contribution < 1.29 is 14.4 Å². The highest BCUT2D eigenvalue weighted by atomic mass is 16.2. The van der Waals surface area contributed by atoms with Crippen LogP contribution in [-0.4, -0.2) is 46.2 Å². The average Bonchev–Trinajstić information content (AvgIpc) is 3.38. The van der Waals surface area contributed by atoms with Crippen molar-refractivity contribution in [2.45, 2.75) is 64.6 Å². The van der Waals surface area contributed by atoms with E-state index in [9.17, 15) is 14.4 Å². The number of fused-ring (bicyclic) bond motifs is 7. The van der Waals surface area contributed by atoms with Crippen LogP contribution in [0.5, 0.6) is 0 Å². The number of nitrogens with one attached hydrogen (secondary N) is 3. The Morgan fingerprint density at radius 3 is 2.64 bits per heavy atom. The molecule has 2 aliphatic rings. The number of unbranched alkanes of at least 4 members (excludes halogenated alkanes) is 1. The SMILES string of the molecule is CCCCNC(=O)[C@H](CC(C)C)NC(=O)[C@@H]1Cc2c([nH]c3ccccc23)[C@@H]2c3ccccc3C(=O)N21. The summed E-state index contributed by atoms with van der Waals surface area (Å²) in [6.07, 6.45) is 2.80. The van der Waals surface area contributed by atoms with E-state index in [4.69, 9.17) is 0 Å². The fourth-order valence-electron chi connectivity index (χ4n) is 5.62. The Bertz CT molecular complexity index is 1310. The van der Waals surface area contributed by atoms with Crippen LogP contribution in [-0.2, 0) is 16.0 Å². The molecule has 1 aromatic heterocycles. The summed E-state index contributed by atoms with van der Waals surface area (Å²) >= 11 is 0. The van der Waals surface area contributed by atoms with Crippen molar-refractivity contribution in [3.05, 3.63) is 70.9 Å². The molecule has 3 atom stereocenters. The maximum Gasteiger partial charge on any atom is 0.255 e. The van der Waals surface area contributed by atoms with E-state index in [1.807, 2.05) is 56.3 Å². The zero-order valence-corrected chi connectivity index (χ0v) is 21.1. The minimum Gasteiger partial charge on any atom is -0.356 e. The molecule has 0 aliphatic carbocycles. The fourth-order valence-corrected chi connectivity index (χ4v) is 5.62. The Morgan fingerprint density at radius 1 is 1.11 bits per heavy atom. The third kappa shape index (κ3) is 4.16. The van der Waals surface area contributed by atoms with E-state index in [1.54, 1.807) is 4.90 Å². The number of benzene rings is 2. The molecular formula is C29H34N4O3. The van der Waals surface area contributed by atoms with Crippen molar-refractivity contribution in [3.8, 4) is 0 Å². The van der Waals surface area contributed by atoms with Gasteiger partial charge in [-0.2, -0.15) is 0 Å². The third-order valence-corrected chi connectivity index (χ3v) is 7.32. The number of para-hydroxylation sites is 1. The highest BCUT2D eigenvalue weighted by molar-refractivity contribution is 6.04. The summed E-state index contributed by atoms with van der Waals surface area (Å²) in [6, 6.07) is 13.9. The Kier molecular flexibility index (Phi) is 6.56. The van der Waals surface area contributed by atoms with Gasteiger partial charge in [0.05, 0.1) is 6.04 Å². The van der Waals surface area contributed by atoms with E-state index in [-0.39, 0.29) is 29.7 Å². The molecule has 0 bridgehead atoms. The number of H-pyrrole nitrogens is 1. The second kappa shape index (κ2) is 9.80. The molecule has 0 saturated carbocycles. The van der Waals surface area contributed by atoms with Gasteiger partial charge in [-0.1, -0.05) is 63.6 Å². The van der Waals surface area contributed by atoms with Gasteiger partial charge in [0, 0.05) is 35.1 Å².